The number of carbonyl (C=O) groups is 1. The van der Waals surface area contributed by atoms with Crippen molar-refractivity contribution in [2.75, 3.05) is 27.3 Å². The lowest BCUT2D eigenvalue weighted by Crippen LogP contribution is -2.30. The van der Waals surface area contributed by atoms with Crippen molar-refractivity contribution in [3.8, 4) is 0 Å². The van der Waals surface area contributed by atoms with Crippen LogP contribution in [0.1, 0.15) is 10.5 Å². The molecule has 0 aromatic carbocycles. The smallest absolute Gasteiger partial charge is 0.273 e. The van der Waals surface area contributed by atoms with Crippen molar-refractivity contribution in [2.24, 2.45) is 0 Å². The maximum absolute atomic E-state index is 11.9. The highest BCUT2D eigenvalue weighted by atomic mass is 35.5. The van der Waals surface area contributed by atoms with E-state index in [0.717, 1.165) is 0 Å². The number of rotatable bonds is 4. The summed E-state index contributed by atoms with van der Waals surface area (Å²) < 4.78 is 4.88. The van der Waals surface area contributed by atoms with Crippen LogP contribution >= 0.6 is 23.2 Å². The first-order chi connectivity index (χ1) is 7.56. The van der Waals surface area contributed by atoms with Gasteiger partial charge in [-0.2, -0.15) is 0 Å². The molecule has 0 spiro atoms. The van der Waals surface area contributed by atoms with E-state index in [1.54, 1.807) is 20.2 Å². The van der Waals surface area contributed by atoms with E-state index < -0.39 is 0 Å². The first-order valence-electron chi connectivity index (χ1n) is 4.62. The van der Waals surface area contributed by atoms with Crippen LogP contribution in [0.15, 0.2) is 12.1 Å². The summed E-state index contributed by atoms with van der Waals surface area (Å²) in [4.78, 5) is 17.3. The van der Waals surface area contributed by atoms with E-state index in [-0.39, 0.29) is 16.8 Å². The van der Waals surface area contributed by atoms with E-state index in [9.17, 15) is 4.79 Å². The molecule has 1 aromatic heterocycles. The normalized spacial score (nSPS) is 10.2. The minimum absolute atomic E-state index is 0.160. The highest BCUT2D eigenvalue weighted by molar-refractivity contribution is 6.34. The molecule has 88 valence electrons. The standard InChI is InChI=1S/C10H12Cl2N2O2/c1-14(5-6-16-2)10(15)9-7(11)3-4-8(12)13-9/h3-4H,5-6H2,1-2H3. The molecule has 1 heterocycles. The van der Waals surface area contributed by atoms with Crippen LogP contribution < -0.4 is 0 Å². The van der Waals surface area contributed by atoms with Crippen molar-refractivity contribution in [1.29, 1.82) is 0 Å². The fraction of sp³-hybridized carbons (Fsp3) is 0.400. The van der Waals surface area contributed by atoms with E-state index in [2.05, 4.69) is 4.98 Å². The van der Waals surface area contributed by atoms with E-state index in [1.165, 1.54) is 11.0 Å². The predicted molar refractivity (Wildman–Crippen MR) is 63.1 cm³/mol. The van der Waals surface area contributed by atoms with Crippen LogP contribution in [0, 0.1) is 0 Å². The average molecular weight is 263 g/mol. The molecule has 0 atom stereocenters. The van der Waals surface area contributed by atoms with Crippen molar-refractivity contribution in [3.05, 3.63) is 28.0 Å². The summed E-state index contributed by atoms with van der Waals surface area (Å²) >= 11 is 11.6. The lowest BCUT2D eigenvalue weighted by Gasteiger charge is -2.16. The summed E-state index contributed by atoms with van der Waals surface area (Å²) in [6.45, 7) is 0.931. The Kier molecular flexibility index (Phi) is 4.99. The summed E-state index contributed by atoms with van der Waals surface area (Å²) in [6.07, 6.45) is 0. The molecule has 0 aliphatic carbocycles. The van der Waals surface area contributed by atoms with Gasteiger partial charge in [0.05, 0.1) is 11.6 Å². The zero-order valence-corrected chi connectivity index (χ0v) is 10.5. The van der Waals surface area contributed by atoms with Gasteiger partial charge in [-0.05, 0) is 12.1 Å². The molecule has 0 fully saturated rings. The van der Waals surface area contributed by atoms with E-state index in [1.807, 2.05) is 0 Å². The molecule has 0 aliphatic rings. The third-order valence-corrected chi connectivity index (χ3v) is 2.51. The molecule has 0 N–H and O–H groups in total. The third kappa shape index (κ3) is 3.33. The number of likely N-dealkylation sites (N-methyl/N-ethyl adjacent to an activating group) is 1. The fourth-order valence-corrected chi connectivity index (χ4v) is 1.41. The monoisotopic (exact) mass is 262 g/mol. The van der Waals surface area contributed by atoms with Crippen molar-refractivity contribution >= 4 is 29.1 Å². The van der Waals surface area contributed by atoms with Crippen LogP contribution in [0.4, 0.5) is 0 Å². The van der Waals surface area contributed by atoms with Gasteiger partial charge in [0.15, 0.2) is 0 Å². The largest absolute Gasteiger partial charge is 0.383 e. The maximum Gasteiger partial charge on any atom is 0.273 e. The summed E-state index contributed by atoms with van der Waals surface area (Å²) in [5.41, 5.74) is 0.160. The fourth-order valence-electron chi connectivity index (χ4n) is 1.08. The summed E-state index contributed by atoms with van der Waals surface area (Å²) in [5, 5.41) is 0.534. The van der Waals surface area contributed by atoms with Crippen molar-refractivity contribution < 1.29 is 9.53 Å². The minimum Gasteiger partial charge on any atom is -0.383 e. The zero-order chi connectivity index (χ0) is 12.1. The van der Waals surface area contributed by atoms with Gasteiger partial charge in [-0.25, -0.2) is 4.98 Å². The second kappa shape index (κ2) is 6.03. The molecule has 0 bridgehead atoms. The van der Waals surface area contributed by atoms with E-state index in [4.69, 9.17) is 27.9 Å². The zero-order valence-electron chi connectivity index (χ0n) is 9.04. The molecule has 0 saturated carbocycles. The van der Waals surface area contributed by atoms with Gasteiger partial charge in [0.2, 0.25) is 0 Å². The molecule has 6 heteroatoms. The number of nitrogens with zero attached hydrogens (tertiary/aromatic N) is 2. The Morgan fingerprint density at radius 3 is 2.81 bits per heavy atom. The van der Waals surface area contributed by atoms with Crippen LogP contribution in [0.25, 0.3) is 0 Å². The number of ether oxygens (including phenoxy) is 1. The Labute approximate surface area is 104 Å². The molecule has 16 heavy (non-hydrogen) atoms. The quantitative estimate of drug-likeness (QED) is 0.781. The number of pyridine rings is 1. The number of hydrogen-bond acceptors (Lipinski definition) is 3. The third-order valence-electron chi connectivity index (χ3n) is 1.99. The molecular formula is C10H12Cl2N2O2. The van der Waals surface area contributed by atoms with Gasteiger partial charge in [0.1, 0.15) is 10.8 Å². The highest BCUT2D eigenvalue weighted by Gasteiger charge is 2.16. The Hall–Kier alpha value is -0.840. The Bertz CT molecular complexity index is 385. The highest BCUT2D eigenvalue weighted by Crippen LogP contribution is 2.17. The Balaban J connectivity index is 2.83. The van der Waals surface area contributed by atoms with Gasteiger partial charge in [-0.15, -0.1) is 0 Å². The van der Waals surface area contributed by atoms with Crippen LogP contribution in [-0.4, -0.2) is 43.1 Å². The number of aromatic nitrogens is 1. The van der Waals surface area contributed by atoms with Gasteiger partial charge in [0, 0.05) is 20.7 Å². The summed E-state index contributed by atoms with van der Waals surface area (Å²) in [7, 11) is 3.23. The SMILES string of the molecule is COCCN(C)C(=O)c1nc(Cl)ccc1Cl. The van der Waals surface area contributed by atoms with Crippen molar-refractivity contribution in [3.63, 3.8) is 0 Å². The lowest BCUT2D eigenvalue weighted by atomic mass is 10.3. The second-order valence-corrected chi connectivity index (χ2v) is 3.98. The topological polar surface area (TPSA) is 42.4 Å². The van der Waals surface area contributed by atoms with Crippen molar-refractivity contribution in [2.45, 2.75) is 0 Å². The minimum atomic E-state index is -0.274. The van der Waals surface area contributed by atoms with Gasteiger partial charge in [-0.3, -0.25) is 4.79 Å². The maximum atomic E-state index is 11.9. The number of hydrogen-bond donors (Lipinski definition) is 0. The molecule has 1 rings (SSSR count). The molecule has 1 aromatic rings. The molecule has 0 aliphatic heterocycles. The van der Waals surface area contributed by atoms with Gasteiger partial charge in [-0.1, -0.05) is 23.2 Å². The average Bonchev–Trinajstić information content (AvgIpc) is 2.28. The molecule has 1 amide bonds. The van der Waals surface area contributed by atoms with Crippen LogP contribution in [-0.2, 0) is 4.74 Å². The summed E-state index contributed by atoms with van der Waals surface area (Å²) in [6, 6.07) is 3.09. The number of methoxy groups -OCH3 is 1. The van der Waals surface area contributed by atoms with E-state index >= 15 is 0 Å². The molecular weight excluding hydrogens is 251 g/mol. The van der Waals surface area contributed by atoms with E-state index in [0.29, 0.717) is 18.2 Å². The number of amides is 1. The molecule has 0 unspecified atom stereocenters. The molecule has 4 nitrogen and oxygen atoms in total. The number of halogens is 2. The first kappa shape index (κ1) is 13.2. The Morgan fingerprint density at radius 1 is 1.50 bits per heavy atom. The second-order valence-electron chi connectivity index (χ2n) is 3.18. The van der Waals surface area contributed by atoms with Crippen LogP contribution in [0.5, 0.6) is 0 Å². The molecule has 0 saturated heterocycles. The number of carbonyl (C=O) groups excluding carboxylic acids is 1. The molecule has 0 radical (unpaired) electrons. The van der Waals surface area contributed by atoms with Crippen LogP contribution in [0.3, 0.4) is 0 Å². The van der Waals surface area contributed by atoms with Crippen molar-refractivity contribution in [1.82, 2.24) is 9.88 Å². The van der Waals surface area contributed by atoms with Gasteiger partial charge >= 0.3 is 0 Å². The first-order valence-corrected chi connectivity index (χ1v) is 5.38. The van der Waals surface area contributed by atoms with Crippen LogP contribution in [0.2, 0.25) is 10.2 Å². The summed E-state index contributed by atoms with van der Waals surface area (Å²) in [5.74, 6) is -0.274. The lowest BCUT2D eigenvalue weighted by molar-refractivity contribution is 0.0739. The Morgan fingerprint density at radius 2 is 2.19 bits per heavy atom. The predicted octanol–water partition coefficient (Wildman–Crippen LogP) is 2.11. The van der Waals surface area contributed by atoms with Gasteiger partial charge in [0.25, 0.3) is 5.91 Å². The van der Waals surface area contributed by atoms with Gasteiger partial charge < -0.3 is 9.64 Å².